The van der Waals surface area contributed by atoms with Crippen LogP contribution in [0.2, 0.25) is 0 Å². The van der Waals surface area contributed by atoms with Gasteiger partial charge in [-0.1, -0.05) is 36.4 Å². The van der Waals surface area contributed by atoms with Gasteiger partial charge in [-0.2, -0.15) is 0 Å². The lowest BCUT2D eigenvalue weighted by molar-refractivity contribution is -0.274. The van der Waals surface area contributed by atoms with Gasteiger partial charge in [0.1, 0.15) is 11.8 Å². The summed E-state index contributed by atoms with van der Waals surface area (Å²) in [5.41, 5.74) is 7.81. The number of alkyl halides is 3. The summed E-state index contributed by atoms with van der Waals surface area (Å²) >= 11 is 0. The van der Waals surface area contributed by atoms with Crippen LogP contribution in [0.15, 0.2) is 48.5 Å². The Hall–Kier alpha value is -2.54. The van der Waals surface area contributed by atoms with Crippen LogP contribution in [0.5, 0.6) is 5.75 Å². The second-order valence-electron chi connectivity index (χ2n) is 5.11. The fraction of sp³-hybridized carbons (Fsp3) is 0.235. The van der Waals surface area contributed by atoms with Crippen LogP contribution >= 0.6 is 0 Å². The molecule has 0 aliphatic rings. The Morgan fingerprint density at radius 1 is 1.12 bits per heavy atom. The van der Waals surface area contributed by atoms with Gasteiger partial charge in [0.05, 0.1) is 7.11 Å². The molecule has 0 saturated carbocycles. The van der Waals surface area contributed by atoms with Crippen molar-refractivity contribution in [1.82, 2.24) is 0 Å². The summed E-state index contributed by atoms with van der Waals surface area (Å²) in [5.74, 6) is -0.784. The minimum Gasteiger partial charge on any atom is -0.468 e. The third kappa shape index (κ3) is 4.99. The molecule has 2 rings (SSSR count). The van der Waals surface area contributed by atoms with E-state index in [9.17, 15) is 18.0 Å². The summed E-state index contributed by atoms with van der Waals surface area (Å²) < 4.78 is 45.3. The SMILES string of the molecule is COC(=O)[C@@H](N)Cc1ccc(-c2cccc(OC(F)(F)F)c2)cc1. The largest absolute Gasteiger partial charge is 0.573 e. The number of hydrogen-bond acceptors (Lipinski definition) is 4. The van der Waals surface area contributed by atoms with Crippen LogP contribution in [0.1, 0.15) is 5.56 Å². The highest BCUT2D eigenvalue weighted by molar-refractivity contribution is 5.75. The predicted molar refractivity (Wildman–Crippen MR) is 82.3 cm³/mol. The fourth-order valence-electron chi connectivity index (χ4n) is 2.19. The summed E-state index contributed by atoms with van der Waals surface area (Å²) in [4.78, 5) is 11.3. The highest BCUT2D eigenvalue weighted by Gasteiger charge is 2.31. The van der Waals surface area contributed by atoms with Crippen LogP contribution in [0.25, 0.3) is 11.1 Å². The van der Waals surface area contributed by atoms with E-state index in [1.807, 2.05) is 0 Å². The molecule has 0 aliphatic heterocycles. The summed E-state index contributed by atoms with van der Waals surface area (Å²) in [5, 5.41) is 0. The van der Waals surface area contributed by atoms with E-state index in [2.05, 4.69) is 9.47 Å². The zero-order valence-corrected chi connectivity index (χ0v) is 12.8. The first-order valence-corrected chi connectivity index (χ1v) is 7.07. The molecule has 1 atom stereocenters. The number of hydrogen-bond donors (Lipinski definition) is 1. The van der Waals surface area contributed by atoms with E-state index in [1.54, 1.807) is 30.3 Å². The molecular formula is C17H16F3NO3. The minimum atomic E-state index is -4.73. The van der Waals surface area contributed by atoms with E-state index in [1.165, 1.54) is 25.3 Å². The predicted octanol–water partition coefficient (Wildman–Crippen LogP) is 3.30. The number of halogens is 3. The molecule has 0 aliphatic carbocycles. The highest BCUT2D eigenvalue weighted by atomic mass is 19.4. The average molecular weight is 339 g/mol. The molecule has 2 aromatic rings. The van der Waals surface area contributed by atoms with Crippen LogP contribution in [-0.4, -0.2) is 25.5 Å². The third-order valence-electron chi connectivity index (χ3n) is 3.31. The first-order chi connectivity index (χ1) is 11.3. The Kier molecular flexibility index (Phi) is 5.46. The van der Waals surface area contributed by atoms with Crippen molar-refractivity contribution in [3.05, 3.63) is 54.1 Å². The maximum atomic E-state index is 12.3. The summed E-state index contributed by atoms with van der Waals surface area (Å²) in [6.07, 6.45) is -4.42. The van der Waals surface area contributed by atoms with Crippen molar-refractivity contribution in [2.45, 2.75) is 18.8 Å². The number of carbonyl (C=O) groups excluding carboxylic acids is 1. The minimum absolute atomic E-state index is 0.281. The summed E-state index contributed by atoms with van der Waals surface area (Å²) in [6.45, 7) is 0. The Labute approximate surface area is 137 Å². The molecule has 0 unspecified atom stereocenters. The summed E-state index contributed by atoms with van der Waals surface area (Å²) in [7, 11) is 1.27. The van der Waals surface area contributed by atoms with Crippen LogP contribution in [0, 0.1) is 0 Å². The molecule has 7 heteroatoms. The Balaban J connectivity index is 2.13. The number of carbonyl (C=O) groups is 1. The van der Waals surface area contributed by atoms with Crippen molar-refractivity contribution in [2.24, 2.45) is 5.73 Å². The molecule has 0 amide bonds. The normalized spacial score (nSPS) is 12.5. The number of benzene rings is 2. The van der Waals surface area contributed by atoms with Crippen LogP contribution in [0.4, 0.5) is 13.2 Å². The van der Waals surface area contributed by atoms with Crippen molar-refractivity contribution in [1.29, 1.82) is 0 Å². The Morgan fingerprint density at radius 3 is 2.38 bits per heavy atom. The van der Waals surface area contributed by atoms with Gasteiger partial charge in [-0.15, -0.1) is 13.2 Å². The first-order valence-electron chi connectivity index (χ1n) is 7.07. The van der Waals surface area contributed by atoms with Gasteiger partial charge in [-0.25, -0.2) is 0 Å². The zero-order valence-electron chi connectivity index (χ0n) is 12.8. The van der Waals surface area contributed by atoms with E-state index < -0.39 is 18.4 Å². The fourth-order valence-corrected chi connectivity index (χ4v) is 2.19. The molecule has 2 N–H and O–H groups in total. The molecule has 0 fully saturated rings. The maximum Gasteiger partial charge on any atom is 0.573 e. The lowest BCUT2D eigenvalue weighted by atomic mass is 10.0. The smallest absolute Gasteiger partial charge is 0.468 e. The van der Waals surface area contributed by atoms with Crippen molar-refractivity contribution in [3.8, 4) is 16.9 Å². The van der Waals surface area contributed by atoms with Crippen LogP contribution < -0.4 is 10.5 Å². The van der Waals surface area contributed by atoms with Gasteiger partial charge in [-0.05, 0) is 35.2 Å². The molecule has 0 aromatic heterocycles. The van der Waals surface area contributed by atoms with Crippen LogP contribution in [-0.2, 0) is 16.0 Å². The standard InChI is InChI=1S/C17H16F3NO3/c1-23-16(22)15(21)9-11-5-7-12(8-6-11)13-3-2-4-14(10-13)24-17(18,19)20/h2-8,10,15H,9,21H2,1H3/t15-/m0/s1. The Bertz CT molecular complexity index is 699. The van der Waals surface area contributed by atoms with E-state index in [4.69, 9.17) is 5.73 Å². The van der Waals surface area contributed by atoms with E-state index >= 15 is 0 Å². The van der Waals surface area contributed by atoms with Gasteiger partial charge < -0.3 is 15.2 Å². The number of esters is 1. The molecule has 0 spiro atoms. The molecule has 0 saturated heterocycles. The lowest BCUT2D eigenvalue weighted by Crippen LogP contribution is -2.33. The van der Waals surface area contributed by atoms with Gasteiger partial charge in [-0.3, -0.25) is 4.79 Å². The van der Waals surface area contributed by atoms with Crippen molar-refractivity contribution < 1.29 is 27.4 Å². The van der Waals surface area contributed by atoms with Gasteiger partial charge in [0, 0.05) is 0 Å². The summed E-state index contributed by atoms with van der Waals surface area (Å²) in [6, 6.07) is 12.0. The number of rotatable bonds is 5. The molecule has 4 nitrogen and oxygen atoms in total. The van der Waals surface area contributed by atoms with Gasteiger partial charge in [0.25, 0.3) is 0 Å². The molecule has 0 bridgehead atoms. The molecular weight excluding hydrogens is 323 g/mol. The number of ether oxygens (including phenoxy) is 2. The quantitative estimate of drug-likeness (QED) is 0.849. The van der Waals surface area contributed by atoms with Crippen molar-refractivity contribution >= 4 is 5.97 Å². The molecule has 0 heterocycles. The van der Waals surface area contributed by atoms with Gasteiger partial charge in [0.2, 0.25) is 0 Å². The van der Waals surface area contributed by atoms with E-state index in [-0.39, 0.29) is 5.75 Å². The topological polar surface area (TPSA) is 61.5 Å². The van der Waals surface area contributed by atoms with Crippen LogP contribution in [0.3, 0.4) is 0 Å². The molecule has 128 valence electrons. The molecule has 24 heavy (non-hydrogen) atoms. The second kappa shape index (κ2) is 7.35. The lowest BCUT2D eigenvalue weighted by Gasteiger charge is -2.11. The maximum absolute atomic E-state index is 12.3. The van der Waals surface area contributed by atoms with Crippen molar-refractivity contribution in [3.63, 3.8) is 0 Å². The van der Waals surface area contributed by atoms with Gasteiger partial charge in [0.15, 0.2) is 0 Å². The monoisotopic (exact) mass is 339 g/mol. The van der Waals surface area contributed by atoms with Crippen molar-refractivity contribution in [2.75, 3.05) is 7.11 Å². The molecule has 2 aromatic carbocycles. The first kappa shape index (κ1) is 17.8. The number of methoxy groups -OCH3 is 1. The van der Waals surface area contributed by atoms with Gasteiger partial charge >= 0.3 is 12.3 Å². The average Bonchev–Trinajstić information content (AvgIpc) is 2.53. The zero-order chi connectivity index (χ0) is 17.7. The van der Waals surface area contributed by atoms with E-state index in [0.29, 0.717) is 12.0 Å². The van der Waals surface area contributed by atoms with E-state index in [0.717, 1.165) is 11.1 Å². The Morgan fingerprint density at radius 2 is 1.79 bits per heavy atom. The third-order valence-corrected chi connectivity index (χ3v) is 3.31. The second-order valence-corrected chi connectivity index (χ2v) is 5.11. The molecule has 0 radical (unpaired) electrons. The highest BCUT2D eigenvalue weighted by Crippen LogP contribution is 2.28. The number of nitrogens with two attached hydrogens (primary N) is 1.